The second-order valence-electron chi connectivity index (χ2n) is 6.16. The van der Waals surface area contributed by atoms with Crippen LogP contribution in [0.2, 0.25) is 0 Å². The fourth-order valence-electron chi connectivity index (χ4n) is 3.21. The van der Waals surface area contributed by atoms with Gasteiger partial charge in [-0.05, 0) is 57.0 Å². The molecule has 1 aromatic heterocycles. The summed E-state index contributed by atoms with van der Waals surface area (Å²) in [5, 5.41) is 9.45. The van der Waals surface area contributed by atoms with Crippen LogP contribution >= 0.6 is 0 Å². The van der Waals surface area contributed by atoms with Gasteiger partial charge in [0, 0.05) is 18.2 Å². The number of hydrogen-bond donors (Lipinski definition) is 1. The molecule has 5 nitrogen and oxygen atoms in total. The van der Waals surface area contributed by atoms with E-state index in [9.17, 15) is 5.11 Å². The number of benzene rings is 1. The third-order valence-electron chi connectivity index (χ3n) is 4.60. The molecule has 0 saturated carbocycles. The number of ether oxygens (including phenoxy) is 1. The molecule has 0 unspecified atom stereocenters. The molecule has 1 aliphatic heterocycles. The Bertz CT molecular complexity index is 681. The van der Waals surface area contributed by atoms with Crippen LogP contribution in [-0.2, 0) is 6.54 Å². The van der Waals surface area contributed by atoms with E-state index in [4.69, 9.17) is 9.15 Å². The maximum Gasteiger partial charge on any atom is 0.226 e. The minimum absolute atomic E-state index is 0.210. The second kappa shape index (κ2) is 6.72. The first kappa shape index (κ1) is 16.0. The van der Waals surface area contributed by atoms with Crippen molar-refractivity contribution in [2.24, 2.45) is 0 Å². The lowest BCUT2D eigenvalue weighted by Gasteiger charge is -2.21. The van der Waals surface area contributed by atoms with E-state index in [1.54, 1.807) is 7.11 Å². The number of rotatable bonds is 5. The fourth-order valence-corrected chi connectivity index (χ4v) is 3.21. The zero-order valence-corrected chi connectivity index (χ0v) is 14.0. The normalized spacial score (nSPS) is 18.5. The smallest absolute Gasteiger partial charge is 0.226 e. The molecule has 1 N–H and O–H groups in total. The van der Waals surface area contributed by atoms with Crippen LogP contribution in [0.3, 0.4) is 0 Å². The van der Waals surface area contributed by atoms with Gasteiger partial charge in [-0.2, -0.15) is 0 Å². The largest absolute Gasteiger partial charge is 0.496 e. The van der Waals surface area contributed by atoms with Gasteiger partial charge in [-0.25, -0.2) is 4.98 Å². The third-order valence-corrected chi connectivity index (χ3v) is 4.60. The maximum atomic E-state index is 9.45. The number of methoxy groups -OCH3 is 1. The van der Waals surface area contributed by atoms with Gasteiger partial charge in [-0.3, -0.25) is 4.90 Å². The van der Waals surface area contributed by atoms with Crippen molar-refractivity contribution in [2.75, 3.05) is 20.3 Å². The molecule has 5 heteroatoms. The Morgan fingerprint density at radius 3 is 2.91 bits per heavy atom. The molecular weight excluding hydrogens is 292 g/mol. The summed E-state index contributed by atoms with van der Waals surface area (Å²) in [7, 11) is 1.67. The van der Waals surface area contributed by atoms with Gasteiger partial charge >= 0.3 is 0 Å². The maximum absolute atomic E-state index is 9.45. The molecule has 0 spiro atoms. The predicted molar refractivity (Wildman–Crippen MR) is 88.5 cm³/mol. The summed E-state index contributed by atoms with van der Waals surface area (Å²) >= 11 is 0. The van der Waals surface area contributed by atoms with E-state index in [1.165, 1.54) is 0 Å². The monoisotopic (exact) mass is 316 g/mol. The molecule has 1 fully saturated rings. The molecular formula is C18H24N2O3. The Morgan fingerprint density at radius 2 is 2.22 bits per heavy atom. The van der Waals surface area contributed by atoms with Crippen LogP contribution in [0.5, 0.6) is 5.75 Å². The van der Waals surface area contributed by atoms with Gasteiger partial charge in [0.25, 0.3) is 0 Å². The molecule has 1 aliphatic rings. The first-order chi connectivity index (χ1) is 11.1. The van der Waals surface area contributed by atoms with Crippen molar-refractivity contribution in [1.82, 2.24) is 9.88 Å². The highest BCUT2D eigenvalue weighted by atomic mass is 16.5. The first-order valence-corrected chi connectivity index (χ1v) is 8.08. The lowest BCUT2D eigenvalue weighted by molar-refractivity contribution is 0.152. The quantitative estimate of drug-likeness (QED) is 0.919. The highest BCUT2D eigenvalue weighted by Gasteiger charge is 2.25. The molecule has 1 atom stereocenters. The van der Waals surface area contributed by atoms with Crippen molar-refractivity contribution in [3.8, 4) is 17.2 Å². The van der Waals surface area contributed by atoms with E-state index in [0.717, 1.165) is 54.3 Å². The minimum atomic E-state index is 0.210. The summed E-state index contributed by atoms with van der Waals surface area (Å²) in [5.41, 5.74) is 2.97. The van der Waals surface area contributed by atoms with Crippen molar-refractivity contribution in [3.63, 3.8) is 0 Å². The molecule has 1 saturated heterocycles. The summed E-state index contributed by atoms with van der Waals surface area (Å²) in [4.78, 5) is 6.96. The first-order valence-electron chi connectivity index (χ1n) is 8.08. The number of aliphatic hydroxyl groups is 1. The zero-order chi connectivity index (χ0) is 16.4. The summed E-state index contributed by atoms with van der Waals surface area (Å²) < 4.78 is 11.2. The van der Waals surface area contributed by atoms with E-state index in [-0.39, 0.29) is 12.6 Å². The standard InChI is InChI=1S/C18H24N2O3/c1-12-9-14(6-7-17(12)22-3)18-19-16(13(2)23-18)10-20-8-4-5-15(20)11-21/h6-7,9,15,21H,4-5,8,10-11H2,1-3H3/t15-/m0/s1. The molecule has 0 amide bonds. The van der Waals surface area contributed by atoms with Gasteiger partial charge in [-0.1, -0.05) is 0 Å². The average Bonchev–Trinajstić information content (AvgIpc) is 3.14. The van der Waals surface area contributed by atoms with Crippen LogP contribution in [0.4, 0.5) is 0 Å². The number of aryl methyl sites for hydroxylation is 2. The van der Waals surface area contributed by atoms with Crippen molar-refractivity contribution in [1.29, 1.82) is 0 Å². The molecule has 3 rings (SSSR count). The number of oxazole rings is 1. The average molecular weight is 316 g/mol. The van der Waals surface area contributed by atoms with Crippen LogP contribution in [0, 0.1) is 13.8 Å². The molecule has 1 aromatic carbocycles. The van der Waals surface area contributed by atoms with Crippen molar-refractivity contribution in [2.45, 2.75) is 39.3 Å². The Hall–Kier alpha value is -1.85. The molecule has 23 heavy (non-hydrogen) atoms. The van der Waals surface area contributed by atoms with Gasteiger partial charge < -0.3 is 14.3 Å². The highest BCUT2D eigenvalue weighted by molar-refractivity contribution is 5.57. The summed E-state index contributed by atoms with van der Waals surface area (Å²) in [6.07, 6.45) is 2.19. The Kier molecular flexibility index (Phi) is 4.68. The number of nitrogens with zero attached hydrogens (tertiary/aromatic N) is 2. The van der Waals surface area contributed by atoms with Crippen LogP contribution in [-0.4, -0.2) is 41.3 Å². The fraction of sp³-hybridized carbons (Fsp3) is 0.500. The van der Waals surface area contributed by atoms with Crippen LogP contribution < -0.4 is 4.74 Å². The van der Waals surface area contributed by atoms with Crippen molar-refractivity contribution in [3.05, 3.63) is 35.2 Å². The lowest BCUT2D eigenvalue weighted by atomic mass is 10.1. The van der Waals surface area contributed by atoms with Gasteiger partial charge in [-0.15, -0.1) is 0 Å². The molecule has 0 radical (unpaired) electrons. The van der Waals surface area contributed by atoms with Gasteiger partial charge in [0.05, 0.1) is 19.4 Å². The third kappa shape index (κ3) is 3.26. The van der Waals surface area contributed by atoms with E-state index in [0.29, 0.717) is 5.89 Å². The summed E-state index contributed by atoms with van der Waals surface area (Å²) in [6, 6.07) is 6.18. The van der Waals surface area contributed by atoms with E-state index < -0.39 is 0 Å². The molecule has 2 heterocycles. The van der Waals surface area contributed by atoms with Crippen molar-refractivity contribution >= 4 is 0 Å². The minimum Gasteiger partial charge on any atom is -0.496 e. The summed E-state index contributed by atoms with van der Waals surface area (Å²) in [5.74, 6) is 2.35. The van der Waals surface area contributed by atoms with Crippen LogP contribution in [0.25, 0.3) is 11.5 Å². The van der Waals surface area contributed by atoms with Gasteiger partial charge in [0.2, 0.25) is 5.89 Å². The number of likely N-dealkylation sites (tertiary alicyclic amines) is 1. The Morgan fingerprint density at radius 1 is 1.39 bits per heavy atom. The van der Waals surface area contributed by atoms with Crippen LogP contribution in [0.15, 0.2) is 22.6 Å². The molecule has 2 aromatic rings. The van der Waals surface area contributed by atoms with Gasteiger partial charge in [0.1, 0.15) is 11.5 Å². The highest BCUT2D eigenvalue weighted by Crippen LogP contribution is 2.28. The van der Waals surface area contributed by atoms with Crippen molar-refractivity contribution < 1.29 is 14.3 Å². The van der Waals surface area contributed by atoms with Crippen LogP contribution in [0.1, 0.15) is 29.9 Å². The van der Waals surface area contributed by atoms with Gasteiger partial charge in [0.15, 0.2) is 0 Å². The molecule has 124 valence electrons. The van der Waals surface area contributed by atoms with E-state index in [1.807, 2.05) is 32.0 Å². The number of hydrogen-bond acceptors (Lipinski definition) is 5. The topological polar surface area (TPSA) is 58.7 Å². The predicted octanol–water partition coefficient (Wildman–Crippen LogP) is 2.92. The van der Waals surface area contributed by atoms with E-state index in [2.05, 4.69) is 9.88 Å². The number of aromatic nitrogens is 1. The molecule has 0 aliphatic carbocycles. The Labute approximate surface area is 136 Å². The second-order valence-corrected chi connectivity index (χ2v) is 6.16. The zero-order valence-electron chi connectivity index (χ0n) is 14.0. The molecule has 0 bridgehead atoms. The Balaban J connectivity index is 1.82. The number of aliphatic hydroxyl groups excluding tert-OH is 1. The SMILES string of the molecule is COc1ccc(-c2nc(CN3CCC[C@H]3CO)c(C)o2)cc1C. The van der Waals surface area contributed by atoms with E-state index >= 15 is 0 Å². The summed E-state index contributed by atoms with van der Waals surface area (Å²) in [6.45, 7) is 5.91. The lowest BCUT2D eigenvalue weighted by Crippen LogP contribution is -2.31.